The van der Waals surface area contributed by atoms with E-state index in [0.717, 1.165) is 16.7 Å². The Balaban J connectivity index is 0.000000143. The normalized spacial score (nSPS) is 17.1. The standard InChI is InChI=1S/C25H15Cl2.C25H17.2Zr/c26-24-8-4-3-7-21(24)23-14-17(11-12-25(23)27)19-13-18-10-9-16-5-1-2-6-20(16)22(18)15-19;1-2-7-18(8-3-1)20-10-6-11-21(15-20)23-16-22-14-13-19-9-4-5-12-24(19)25(22)17-23;;/h2-15,22H;1-3,5-17,25H;;. The third-order valence-corrected chi connectivity index (χ3v) is 12.8. The molecule has 4 aliphatic rings. The summed E-state index contributed by atoms with van der Waals surface area (Å²) >= 11 is 15.9. The van der Waals surface area contributed by atoms with Crippen LogP contribution in [0, 0.1) is 0 Å². The molecule has 0 radical (unpaired) electrons. The minimum absolute atomic E-state index is 0.325. The molecule has 0 nitrogen and oxygen atoms in total. The Morgan fingerprint density at radius 2 is 0.944 bits per heavy atom. The summed E-state index contributed by atoms with van der Waals surface area (Å²) in [5.74, 6) is 0.715. The Hall–Kier alpha value is -3.89. The van der Waals surface area contributed by atoms with Crippen molar-refractivity contribution < 1.29 is 49.4 Å². The van der Waals surface area contributed by atoms with Crippen LogP contribution in [0.1, 0.15) is 45.2 Å². The van der Waals surface area contributed by atoms with Crippen LogP contribution in [-0.2, 0) is 49.4 Å². The molecule has 2 unspecified atom stereocenters. The van der Waals surface area contributed by atoms with Gasteiger partial charge in [0.05, 0.1) is 0 Å². The average Bonchev–Trinajstić information content (AvgIpc) is 3.85. The van der Waals surface area contributed by atoms with Crippen LogP contribution >= 0.6 is 23.2 Å². The third kappa shape index (κ3) is 7.16. The molecule has 0 saturated carbocycles. The van der Waals surface area contributed by atoms with Crippen LogP contribution in [-0.4, -0.2) is 0 Å². The van der Waals surface area contributed by atoms with Crippen LogP contribution in [0.25, 0.3) is 45.6 Å². The number of hydrogen-bond donors (Lipinski definition) is 0. The van der Waals surface area contributed by atoms with Crippen molar-refractivity contribution >= 4 is 53.0 Å². The second-order valence-corrected chi connectivity index (χ2v) is 17.6. The molecule has 4 heteroatoms. The summed E-state index contributed by atoms with van der Waals surface area (Å²) in [6.07, 6.45) is 18.4. The Morgan fingerprint density at radius 1 is 0.407 bits per heavy atom. The number of allylic oxidation sites excluding steroid dienone is 10. The second-order valence-electron chi connectivity index (χ2n) is 14.0. The molecule has 254 valence electrons. The molecule has 0 saturated heterocycles. The molecular formula is C50H32Cl2Zr2. The average molecular weight is 886 g/mol. The van der Waals surface area contributed by atoms with Gasteiger partial charge in [0, 0.05) is 0 Å². The molecule has 10 rings (SSSR count). The van der Waals surface area contributed by atoms with E-state index in [0.29, 0.717) is 21.9 Å². The minimum atomic E-state index is 0.325. The summed E-state index contributed by atoms with van der Waals surface area (Å²) in [5.41, 5.74) is 17.7. The van der Waals surface area contributed by atoms with E-state index >= 15 is 0 Å². The first-order valence-electron chi connectivity index (χ1n) is 18.0. The number of hydrogen-bond acceptors (Lipinski definition) is 0. The molecule has 6 aromatic carbocycles. The van der Waals surface area contributed by atoms with E-state index in [2.05, 4.69) is 152 Å². The summed E-state index contributed by atoms with van der Waals surface area (Å²) < 4.78 is 2.79. The van der Waals surface area contributed by atoms with E-state index in [-0.39, 0.29) is 0 Å². The van der Waals surface area contributed by atoms with Gasteiger partial charge in [-0.05, 0) is 6.07 Å². The zero-order chi connectivity index (χ0) is 36.8. The fraction of sp³-hybridized carbons (Fsp3) is 0.0400. The van der Waals surface area contributed by atoms with Gasteiger partial charge in [0.15, 0.2) is 0 Å². The van der Waals surface area contributed by atoms with Gasteiger partial charge in [-0.15, -0.1) is 0 Å². The molecule has 2 atom stereocenters. The van der Waals surface area contributed by atoms with E-state index in [1.165, 1.54) is 117 Å². The molecule has 0 heterocycles. The quantitative estimate of drug-likeness (QED) is 0.165. The molecule has 0 N–H and O–H groups in total. The van der Waals surface area contributed by atoms with Gasteiger partial charge in [-0.3, -0.25) is 0 Å². The van der Waals surface area contributed by atoms with Crippen molar-refractivity contribution in [2.75, 3.05) is 0 Å². The Kier molecular flexibility index (Phi) is 10.2. The summed E-state index contributed by atoms with van der Waals surface area (Å²) in [5, 5.41) is 1.42. The zero-order valence-corrected chi connectivity index (χ0v) is 35.7. The third-order valence-electron chi connectivity index (χ3n) is 10.6. The van der Waals surface area contributed by atoms with Crippen molar-refractivity contribution in [3.63, 3.8) is 0 Å². The molecule has 0 bridgehead atoms. The molecule has 54 heavy (non-hydrogen) atoms. The van der Waals surface area contributed by atoms with Crippen molar-refractivity contribution in [2.45, 2.75) is 11.8 Å². The molecule has 4 aliphatic carbocycles. The van der Waals surface area contributed by atoms with E-state index < -0.39 is 0 Å². The first-order valence-corrected chi connectivity index (χ1v) is 21.2. The van der Waals surface area contributed by atoms with Crippen LogP contribution in [0.3, 0.4) is 0 Å². The van der Waals surface area contributed by atoms with Crippen molar-refractivity contribution in [1.82, 2.24) is 0 Å². The van der Waals surface area contributed by atoms with E-state index in [1.54, 1.807) is 0 Å². The van der Waals surface area contributed by atoms with E-state index in [4.69, 9.17) is 23.2 Å². The molecular weight excluding hydrogens is 854 g/mol. The van der Waals surface area contributed by atoms with Gasteiger partial charge >= 0.3 is 313 Å². The van der Waals surface area contributed by atoms with Gasteiger partial charge < -0.3 is 0 Å². The molecule has 0 fully saturated rings. The second kappa shape index (κ2) is 15.3. The van der Waals surface area contributed by atoms with Gasteiger partial charge in [-0.25, -0.2) is 0 Å². The van der Waals surface area contributed by atoms with Gasteiger partial charge in [-0.2, -0.15) is 0 Å². The maximum absolute atomic E-state index is 6.51. The van der Waals surface area contributed by atoms with Crippen LogP contribution in [0.5, 0.6) is 0 Å². The SMILES string of the molecule is Clc1ccccc1-c1cc(C2=CC3C(=C2)C=Cc2c[c]([Zr])ccc23)ccc1Cl.[Zr][c]1ccc2c(c1)C=CC1=CC(c3cccc(-c4ccccc4)c3)=CC12. The predicted molar refractivity (Wildman–Crippen MR) is 222 cm³/mol. The number of benzene rings is 6. The van der Waals surface area contributed by atoms with Gasteiger partial charge in [0.2, 0.25) is 0 Å². The molecule has 0 aliphatic heterocycles. The first kappa shape index (κ1) is 35.8. The molecule has 0 spiro atoms. The maximum atomic E-state index is 6.51. The van der Waals surface area contributed by atoms with Gasteiger partial charge in [-0.1, -0.05) is 41.9 Å². The number of fused-ring (bicyclic) bond motifs is 6. The van der Waals surface area contributed by atoms with E-state index in [9.17, 15) is 0 Å². The van der Waals surface area contributed by atoms with E-state index in [1.807, 2.05) is 30.3 Å². The summed E-state index contributed by atoms with van der Waals surface area (Å²) in [7, 11) is 0. The topological polar surface area (TPSA) is 0 Å². The summed E-state index contributed by atoms with van der Waals surface area (Å²) in [6.45, 7) is 0. The van der Waals surface area contributed by atoms with Crippen LogP contribution in [0.2, 0.25) is 10.0 Å². The van der Waals surface area contributed by atoms with Crippen molar-refractivity contribution in [3.05, 3.63) is 224 Å². The van der Waals surface area contributed by atoms with Crippen LogP contribution < -0.4 is 6.54 Å². The fourth-order valence-electron chi connectivity index (χ4n) is 7.86. The summed E-state index contributed by atoms with van der Waals surface area (Å²) in [6, 6.07) is 47.2. The Morgan fingerprint density at radius 3 is 1.57 bits per heavy atom. The van der Waals surface area contributed by atoms with Crippen LogP contribution in [0.4, 0.5) is 0 Å². The Bertz CT molecular complexity index is 2660. The predicted octanol–water partition coefficient (Wildman–Crippen LogP) is 12.6. The molecule has 0 amide bonds. The van der Waals surface area contributed by atoms with Crippen molar-refractivity contribution in [3.8, 4) is 22.3 Å². The number of rotatable bonds is 4. The van der Waals surface area contributed by atoms with Gasteiger partial charge in [0.1, 0.15) is 0 Å². The number of halogens is 2. The van der Waals surface area contributed by atoms with Crippen molar-refractivity contribution in [2.24, 2.45) is 0 Å². The first-order chi connectivity index (χ1) is 26.4. The van der Waals surface area contributed by atoms with Crippen molar-refractivity contribution in [1.29, 1.82) is 0 Å². The van der Waals surface area contributed by atoms with Crippen LogP contribution in [0.15, 0.2) is 181 Å². The zero-order valence-electron chi connectivity index (χ0n) is 29.2. The van der Waals surface area contributed by atoms with Gasteiger partial charge in [0.25, 0.3) is 0 Å². The Labute approximate surface area is 357 Å². The molecule has 0 aromatic heterocycles. The fourth-order valence-corrected chi connectivity index (χ4v) is 9.50. The monoisotopic (exact) mass is 882 g/mol. The summed E-state index contributed by atoms with van der Waals surface area (Å²) in [4.78, 5) is 0. The molecule has 6 aromatic rings.